The first-order valence-corrected chi connectivity index (χ1v) is 14.0. The molecule has 1 heterocycles. The van der Waals surface area contributed by atoms with Crippen LogP contribution in [0.25, 0.3) is 11.1 Å². The van der Waals surface area contributed by atoms with Crippen LogP contribution in [0.3, 0.4) is 0 Å². The van der Waals surface area contributed by atoms with Crippen molar-refractivity contribution in [2.24, 2.45) is 11.8 Å². The van der Waals surface area contributed by atoms with Gasteiger partial charge in [0.15, 0.2) is 5.90 Å². The van der Waals surface area contributed by atoms with Gasteiger partial charge in [0.2, 0.25) is 0 Å². The molecule has 1 aliphatic carbocycles. The molecule has 3 rings (SSSR count). The number of rotatable bonds is 10. The summed E-state index contributed by atoms with van der Waals surface area (Å²) in [6, 6.07) is 4.38. The Bertz CT molecular complexity index is 1280. The van der Waals surface area contributed by atoms with Crippen LogP contribution < -0.4 is 26.6 Å². The Balaban J connectivity index is 0.000000903. The van der Waals surface area contributed by atoms with Crippen LogP contribution in [0.15, 0.2) is 30.5 Å². The Morgan fingerprint density at radius 2 is 1.95 bits per heavy atom. The van der Waals surface area contributed by atoms with Crippen LogP contribution in [0.5, 0.6) is 5.75 Å². The second-order valence-electron chi connectivity index (χ2n) is 9.28. The summed E-state index contributed by atoms with van der Waals surface area (Å²) < 4.78 is 50.3. The van der Waals surface area contributed by atoms with Crippen molar-refractivity contribution < 1.29 is 32.5 Å². The van der Waals surface area contributed by atoms with Crippen molar-refractivity contribution >= 4 is 23.6 Å². The number of nitrogens with zero attached hydrogens (tertiary/aromatic N) is 1. The molecule has 3 unspecified atom stereocenters. The topological polar surface area (TPSA) is 155 Å². The number of ether oxygens (including phenoxy) is 2. The van der Waals surface area contributed by atoms with Crippen molar-refractivity contribution in [2.75, 3.05) is 20.0 Å². The van der Waals surface area contributed by atoms with Crippen molar-refractivity contribution in [1.29, 1.82) is 5.41 Å². The largest absolute Gasteiger partial charge is 0.496 e. The number of methoxy groups -OCH3 is 1. The summed E-state index contributed by atoms with van der Waals surface area (Å²) in [6.45, 7) is 4.92. The minimum absolute atomic E-state index is 0. The van der Waals surface area contributed by atoms with Crippen LogP contribution in [0.2, 0.25) is 0 Å². The number of thioether (sulfide) groups is 1. The first-order valence-electron chi connectivity index (χ1n) is 13.0. The van der Waals surface area contributed by atoms with E-state index in [1.54, 1.807) is 14.0 Å². The molecule has 1 fully saturated rings. The number of hydrazine groups is 1. The van der Waals surface area contributed by atoms with E-state index in [4.69, 9.17) is 20.7 Å². The third kappa shape index (κ3) is 12.4. The molecular weight excluding hydrogens is 585 g/mol. The molecule has 3 atom stereocenters. The summed E-state index contributed by atoms with van der Waals surface area (Å²) in [5, 5.41) is 22.0. The molecule has 14 heteroatoms. The fourth-order valence-corrected chi connectivity index (χ4v) is 3.99. The van der Waals surface area contributed by atoms with Gasteiger partial charge in [0, 0.05) is 30.2 Å². The van der Waals surface area contributed by atoms with Gasteiger partial charge in [0.05, 0.1) is 35.9 Å². The van der Waals surface area contributed by atoms with E-state index in [2.05, 4.69) is 32.9 Å². The summed E-state index contributed by atoms with van der Waals surface area (Å²) in [5.74, 6) is 12.0. The second kappa shape index (κ2) is 17.7. The predicted octanol–water partition coefficient (Wildman–Crippen LogP) is 4.65. The number of aromatic nitrogens is 1. The van der Waals surface area contributed by atoms with E-state index in [9.17, 15) is 23.1 Å². The van der Waals surface area contributed by atoms with Gasteiger partial charge in [-0.3, -0.25) is 26.3 Å². The van der Waals surface area contributed by atoms with Crippen LogP contribution in [0.1, 0.15) is 68.8 Å². The molecule has 1 amide bonds. The maximum Gasteiger partial charge on any atom is 0.416 e. The minimum atomic E-state index is -4.59. The molecule has 0 aliphatic heterocycles. The zero-order valence-electron chi connectivity index (χ0n) is 24.1. The average molecular weight is 627 g/mol. The number of benzene rings is 1. The highest BCUT2D eigenvalue weighted by atomic mass is 32.2. The number of aliphatic hydroxyl groups excluding tert-OH is 1. The first kappa shape index (κ1) is 37.7. The van der Waals surface area contributed by atoms with Crippen LogP contribution in [-0.4, -0.2) is 53.5 Å². The number of pyridine rings is 1. The van der Waals surface area contributed by atoms with E-state index in [1.807, 2.05) is 6.92 Å². The number of amides is 1. The lowest BCUT2D eigenvalue weighted by Gasteiger charge is -2.17. The Kier molecular flexibility index (Phi) is 15.5. The van der Waals surface area contributed by atoms with E-state index >= 15 is 0 Å². The molecule has 0 radical (unpaired) electrons. The molecule has 43 heavy (non-hydrogen) atoms. The number of alkyl halides is 3. The molecule has 0 spiro atoms. The Labute approximate surface area is 255 Å². The number of hydrogen-bond donors (Lipinski definition) is 6. The number of hydrogen-bond acceptors (Lipinski definition) is 10. The third-order valence-electron chi connectivity index (χ3n) is 5.80. The molecule has 7 N–H and O–H groups in total. The van der Waals surface area contributed by atoms with E-state index in [0.29, 0.717) is 5.92 Å². The average Bonchev–Trinajstić information content (AvgIpc) is 3.78. The van der Waals surface area contributed by atoms with Gasteiger partial charge in [-0.05, 0) is 58.0 Å². The molecular formula is C29H41F3N6O4S. The quantitative estimate of drug-likeness (QED) is 0.0552. The Morgan fingerprint density at radius 1 is 1.28 bits per heavy atom. The molecule has 238 valence electrons. The number of carbonyl (C=O) groups excluding carboxylic acids is 1. The highest BCUT2D eigenvalue weighted by Gasteiger charge is 2.32. The van der Waals surface area contributed by atoms with E-state index in [-0.39, 0.29) is 58.9 Å². The van der Waals surface area contributed by atoms with Crippen molar-refractivity contribution in [3.8, 4) is 28.7 Å². The number of aliphatic hydroxyl groups is 1. The molecule has 0 saturated heterocycles. The van der Waals surface area contributed by atoms with Crippen molar-refractivity contribution in [3.05, 3.63) is 47.3 Å². The Hall–Kier alpha value is -3.35. The van der Waals surface area contributed by atoms with Gasteiger partial charge in [-0.25, -0.2) is 5.43 Å². The lowest BCUT2D eigenvalue weighted by Crippen LogP contribution is -2.34. The maximum absolute atomic E-state index is 13.4. The molecule has 1 aromatic heterocycles. The van der Waals surface area contributed by atoms with Crippen molar-refractivity contribution in [3.63, 3.8) is 0 Å². The van der Waals surface area contributed by atoms with Gasteiger partial charge in [-0.1, -0.05) is 19.3 Å². The van der Waals surface area contributed by atoms with Crippen molar-refractivity contribution in [1.82, 2.24) is 21.0 Å². The minimum Gasteiger partial charge on any atom is -0.496 e. The summed E-state index contributed by atoms with van der Waals surface area (Å²) >= 11 is 1.26. The number of halogens is 3. The number of nitrogens with two attached hydrogens (primary N) is 1. The van der Waals surface area contributed by atoms with Gasteiger partial charge >= 0.3 is 6.18 Å². The van der Waals surface area contributed by atoms with Crippen LogP contribution in [-0.2, 0) is 10.9 Å². The summed E-state index contributed by atoms with van der Waals surface area (Å²) in [6.07, 6.45) is -2.27. The number of nitrogens with one attached hydrogen (secondary N) is 4. The molecule has 1 saturated carbocycles. The standard InChI is InChI=1S/C23H25F3N4O3S.C5H12N2O.CH4/c1-13(31)19-10-16(17-9-15(23(24,25)26)6-7-20(17)33-2)18(11-28-19)22(32)29-12-34-21(30-27)8-5-14-3-4-14;1-4(6)8-5(2)7-3;/h6-7,9-11,13-14,21,30-31H,3-4,12,27H2,1-2H3,(H,29,32);5-7H,1-3H3;1H4. The molecule has 10 nitrogen and oxygen atoms in total. The zero-order valence-corrected chi connectivity index (χ0v) is 24.9. The van der Waals surface area contributed by atoms with E-state index < -0.39 is 23.8 Å². The summed E-state index contributed by atoms with van der Waals surface area (Å²) in [5.41, 5.74) is 2.10. The van der Waals surface area contributed by atoms with Crippen molar-refractivity contribution in [2.45, 2.75) is 64.9 Å². The lowest BCUT2D eigenvalue weighted by atomic mass is 9.96. The lowest BCUT2D eigenvalue weighted by molar-refractivity contribution is -0.137. The summed E-state index contributed by atoms with van der Waals surface area (Å²) in [7, 11) is 3.11. The molecule has 2 aromatic rings. The second-order valence-corrected chi connectivity index (χ2v) is 10.4. The van der Waals surface area contributed by atoms with Crippen LogP contribution in [0.4, 0.5) is 13.2 Å². The predicted molar refractivity (Wildman–Crippen MR) is 163 cm³/mol. The van der Waals surface area contributed by atoms with Crippen LogP contribution in [0, 0.1) is 23.2 Å². The third-order valence-corrected chi connectivity index (χ3v) is 6.70. The molecule has 0 bridgehead atoms. The normalized spacial score (nSPS) is 14.4. The van der Waals surface area contributed by atoms with Gasteiger partial charge in [-0.15, -0.1) is 11.8 Å². The fourth-order valence-electron chi connectivity index (χ4n) is 3.36. The summed E-state index contributed by atoms with van der Waals surface area (Å²) in [4.78, 5) is 17.1. The molecule has 1 aromatic carbocycles. The number of carbonyl (C=O) groups is 1. The SMILES string of the molecule is C.CNC(C)OC(C)=N.COc1ccc(C(F)(F)F)cc1-c1cc(C(C)O)ncc1C(=O)NCSC(C#CC1CC1)NN. The maximum atomic E-state index is 13.4. The molecule has 1 aliphatic rings. The van der Waals surface area contributed by atoms with Gasteiger partial charge in [0.25, 0.3) is 5.91 Å². The van der Waals surface area contributed by atoms with E-state index in [1.165, 1.54) is 44.1 Å². The Morgan fingerprint density at radius 3 is 2.44 bits per heavy atom. The fraction of sp³-hybridized carbons (Fsp3) is 0.483. The smallest absolute Gasteiger partial charge is 0.416 e. The highest BCUT2D eigenvalue weighted by molar-refractivity contribution is 8.00. The van der Waals surface area contributed by atoms with Gasteiger partial charge < -0.3 is 19.9 Å². The van der Waals surface area contributed by atoms with E-state index in [0.717, 1.165) is 25.0 Å². The first-order chi connectivity index (χ1) is 19.8. The van der Waals surface area contributed by atoms with Gasteiger partial charge in [-0.2, -0.15) is 13.2 Å². The zero-order chi connectivity index (χ0) is 31.4. The van der Waals surface area contributed by atoms with Crippen LogP contribution >= 0.6 is 11.8 Å². The monoisotopic (exact) mass is 626 g/mol. The highest BCUT2D eigenvalue weighted by Crippen LogP contribution is 2.39. The van der Waals surface area contributed by atoms with Gasteiger partial charge in [0.1, 0.15) is 17.4 Å².